The molecule has 5 rings (SSSR count). The molecule has 0 atom stereocenters. The molecule has 4 aromatic rings. The fourth-order valence-corrected chi connectivity index (χ4v) is 5.73. The summed E-state index contributed by atoms with van der Waals surface area (Å²) in [7, 11) is 0. The molecule has 8 nitrogen and oxygen atoms in total. The number of H-pyrrole nitrogens is 2. The normalized spacial score (nSPS) is 14.9. The van der Waals surface area contributed by atoms with Gasteiger partial charge < -0.3 is 24.8 Å². The third-order valence-electron chi connectivity index (χ3n) is 7.53. The van der Waals surface area contributed by atoms with Crippen molar-refractivity contribution in [1.29, 1.82) is 0 Å². The topological polar surface area (TPSA) is 94.6 Å². The van der Waals surface area contributed by atoms with Crippen LogP contribution in [-0.2, 0) is 13.0 Å². The van der Waals surface area contributed by atoms with E-state index in [2.05, 4.69) is 44.2 Å². The van der Waals surface area contributed by atoms with Gasteiger partial charge in [0, 0.05) is 32.3 Å². The second kappa shape index (κ2) is 11.7. The van der Waals surface area contributed by atoms with Crippen molar-refractivity contribution in [2.75, 3.05) is 38.2 Å². The minimum Gasteiger partial charge on any atom is -0.384 e. The summed E-state index contributed by atoms with van der Waals surface area (Å²) < 4.78 is 14.4. The molecule has 1 aliphatic rings. The summed E-state index contributed by atoms with van der Waals surface area (Å²) in [5, 5.41) is 4.03. The van der Waals surface area contributed by atoms with Crippen molar-refractivity contribution in [3.8, 4) is 11.4 Å². The van der Waals surface area contributed by atoms with Gasteiger partial charge in [-0.25, -0.2) is 9.97 Å². The third kappa shape index (κ3) is 5.49. The number of fused-ring (bicyclic) bond motifs is 1. The van der Waals surface area contributed by atoms with Crippen LogP contribution in [0.4, 0.5) is 10.1 Å². The molecule has 0 unspecified atom stereocenters. The average Bonchev–Trinajstić information content (AvgIpc) is 3.51. The number of nitrogens with one attached hydrogen (secondary N) is 3. The van der Waals surface area contributed by atoms with Crippen LogP contribution in [-0.4, -0.2) is 62.3 Å². The molecule has 1 fully saturated rings. The summed E-state index contributed by atoms with van der Waals surface area (Å²) in [6.45, 7) is 8.01. The van der Waals surface area contributed by atoms with Crippen LogP contribution in [0.3, 0.4) is 0 Å². The number of nitrogens with zero attached hydrogens (tertiary/aromatic N) is 4. The number of piperidine rings is 1. The molecule has 3 aromatic heterocycles. The number of halogens is 2. The Kier molecular flexibility index (Phi) is 8.14. The smallest absolute Gasteiger partial charge is 0.261 e. The van der Waals surface area contributed by atoms with Crippen molar-refractivity contribution in [3.05, 3.63) is 63.1 Å². The Bertz CT molecular complexity index is 1450. The summed E-state index contributed by atoms with van der Waals surface area (Å²) in [6, 6.07) is 6.25. The van der Waals surface area contributed by atoms with E-state index in [-0.39, 0.29) is 12.2 Å². The molecule has 38 heavy (non-hydrogen) atoms. The molecule has 0 spiro atoms. The quantitative estimate of drug-likeness (QED) is 0.254. The van der Waals surface area contributed by atoms with Crippen molar-refractivity contribution in [3.63, 3.8) is 0 Å². The highest BCUT2D eigenvalue weighted by Gasteiger charge is 2.22. The predicted octanol–water partition coefficient (Wildman–Crippen LogP) is 5.29. The molecule has 1 saturated heterocycles. The monoisotopic (exact) mass is 539 g/mol. The molecule has 0 aliphatic carbocycles. The number of pyridine rings is 1. The Morgan fingerprint density at radius 2 is 2.08 bits per heavy atom. The molecular formula is C28H35ClFN7O. The number of aryl methyl sites for hydroxylation is 2. The lowest BCUT2D eigenvalue weighted by atomic mass is 9.88. The van der Waals surface area contributed by atoms with Gasteiger partial charge in [-0.15, -0.1) is 0 Å². The van der Waals surface area contributed by atoms with Crippen LogP contribution in [0, 0.1) is 6.92 Å². The fourth-order valence-electron chi connectivity index (χ4n) is 5.42. The van der Waals surface area contributed by atoms with Gasteiger partial charge >= 0.3 is 0 Å². The molecule has 0 saturated carbocycles. The summed E-state index contributed by atoms with van der Waals surface area (Å²) in [6.07, 6.45) is 6.75. The minimum atomic E-state index is -0.252. The van der Waals surface area contributed by atoms with Gasteiger partial charge in [0.2, 0.25) is 0 Å². The van der Waals surface area contributed by atoms with E-state index in [0.717, 1.165) is 61.3 Å². The van der Waals surface area contributed by atoms with Gasteiger partial charge in [0.05, 0.1) is 35.4 Å². The van der Waals surface area contributed by atoms with Crippen LogP contribution in [0.15, 0.2) is 35.5 Å². The van der Waals surface area contributed by atoms with E-state index in [1.165, 1.54) is 5.56 Å². The fraction of sp³-hybridized carbons (Fsp3) is 0.464. The Labute approximate surface area is 226 Å². The standard InChI is InChI=1S/C28H35ClFN7O/c1-3-37-17-33-22(26(37)29)6-10-31-21-5-11-32-28(38)24(21)27-34-23-16-20(15-18(2)25(23)35-27)19-7-13-36(14-8-19)12-4-9-30/h5,11,15-17,19H,3-4,6-10,12-14H2,1-2H3,(H,34,35)(H2,31,32,38). The van der Waals surface area contributed by atoms with E-state index in [1.54, 1.807) is 12.5 Å². The van der Waals surface area contributed by atoms with E-state index in [1.807, 2.05) is 17.6 Å². The lowest BCUT2D eigenvalue weighted by Crippen LogP contribution is -2.33. The summed E-state index contributed by atoms with van der Waals surface area (Å²) in [5.41, 5.74) is 5.99. The maximum atomic E-state index is 12.9. The maximum absolute atomic E-state index is 12.9. The molecule has 1 aromatic carbocycles. The molecule has 202 valence electrons. The number of hydrogen-bond acceptors (Lipinski definition) is 5. The first kappa shape index (κ1) is 26.4. The lowest BCUT2D eigenvalue weighted by Gasteiger charge is -2.32. The van der Waals surface area contributed by atoms with Crippen molar-refractivity contribution < 1.29 is 4.39 Å². The number of likely N-dealkylation sites (tertiary alicyclic amines) is 1. The van der Waals surface area contributed by atoms with Crippen molar-refractivity contribution in [1.82, 2.24) is 29.4 Å². The average molecular weight is 540 g/mol. The van der Waals surface area contributed by atoms with E-state index < -0.39 is 0 Å². The van der Waals surface area contributed by atoms with Crippen LogP contribution in [0.25, 0.3) is 22.4 Å². The highest BCUT2D eigenvalue weighted by atomic mass is 35.5. The number of hydrogen-bond donors (Lipinski definition) is 3. The van der Waals surface area contributed by atoms with E-state index in [0.29, 0.717) is 47.5 Å². The molecule has 1 aliphatic heterocycles. The predicted molar refractivity (Wildman–Crippen MR) is 151 cm³/mol. The van der Waals surface area contributed by atoms with E-state index in [9.17, 15) is 9.18 Å². The van der Waals surface area contributed by atoms with Gasteiger partial charge in [0.25, 0.3) is 5.56 Å². The minimum absolute atomic E-state index is 0.208. The number of alkyl halides is 1. The molecule has 10 heteroatoms. The molecule has 0 amide bonds. The van der Waals surface area contributed by atoms with E-state index >= 15 is 0 Å². The second-order valence-electron chi connectivity index (χ2n) is 10.0. The Hall–Kier alpha value is -3.17. The first-order valence-electron chi connectivity index (χ1n) is 13.4. The van der Waals surface area contributed by atoms with Crippen molar-refractivity contribution >= 4 is 28.3 Å². The number of anilines is 1. The Morgan fingerprint density at radius 3 is 2.82 bits per heavy atom. The Balaban J connectivity index is 1.35. The summed E-state index contributed by atoms with van der Waals surface area (Å²) in [5.74, 6) is 1.01. The summed E-state index contributed by atoms with van der Waals surface area (Å²) in [4.78, 5) is 30.7. The first-order valence-corrected chi connectivity index (χ1v) is 13.8. The van der Waals surface area contributed by atoms with Crippen molar-refractivity contribution in [2.45, 2.75) is 52.0 Å². The first-order chi connectivity index (χ1) is 18.5. The zero-order chi connectivity index (χ0) is 26.6. The van der Waals surface area contributed by atoms with Crippen molar-refractivity contribution in [2.24, 2.45) is 0 Å². The van der Waals surface area contributed by atoms with Gasteiger partial charge in [0.1, 0.15) is 16.5 Å². The van der Waals surface area contributed by atoms with Crippen LogP contribution in [0.5, 0.6) is 0 Å². The van der Waals surface area contributed by atoms with E-state index in [4.69, 9.17) is 16.6 Å². The molecule has 3 N–H and O–H groups in total. The van der Waals surface area contributed by atoms with Gasteiger partial charge in [-0.1, -0.05) is 17.7 Å². The summed E-state index contributed by atoms with van der Waals surface area (Å²) >= 11 is 6.40. The second-order valence-corrected chi connectivity index (χ2v) is 10.4. The number of aromatic amines is 2. The highest BCUT2D eigenvalue weighted by Crippen LogP contribution is 2.33. The number of rotatable bonds is 10. The molecular weight excluding hydrogens is 505 g/mol. The van der Waals surface area contributed by atoms with Gasteiger partial charge in [0.15, 0.2) is 0 Å². The van der Waals surface area contributed by atoms with Gasteiger partial charge in [-0.05, 0) is 75.4 Å². The molecule has 0 radical (unpaired) electrons. The number of aromatic nitrogens is 5. The van der Waals surface area contributed by atoms with Crippen LogP contribution >= 0.6 is 11.6 Å². The maximum Gasteiger partial charge on any atom is 0.261 e. The van der Waals surface area contributed by atoms with Crippen LogP contribution < -0.4 is 10.9 Å². The van der Waals surface area contributed by atoms with Gasteiger partial charge in [-0.3, -0.25) is 9.18 Å². The number of benzene rings is 1. The number of imidazole rings is 2. The van der Waals surface area contributed by atoms with Gasteiger partial charge in [-0.2, -0.15) is 0 Å². The van der Waals surface area contributed by atoms with Crippen LogP contribution in [0.1, 0.15) is 48.9 Å². The lowest BCUT2D eigenvalue weighted by molar-refractivity contribution is 0.204. The molecule has 0 bridgehead atoms. The largest absolute Gasteiger partial charge is 0.384 e. The highest BCUT2D eigenvalue weighted by molar-refractivity contribution is 6.30. The Morgan fingerprint density at radius 1 is 1.26 bits per heavy atom. The molecule has 4 heterocycles. The zero-order valence-corrected chi connectivity index (χ0v) is 22.7. The van der Waals surface area contributed by atoms with Crippen LogP contribution in [0.2, 0.25) is 5.15 Å². The third-order valence-corrected chi connectivity index (χ3v) is 7.96. The SMILES string of the molecule is CCn1cnc(CCNc2cc[nH]c(=O)c2-c2nc3c(C)cc(C4CCN(CCCF)CC4)cc3[nH]2)c1Cl. The zero-order valence-electron chi connectivity index (χ0n) is 22.0.